The molecule has 1 aromatic heterocycles. The van der Waals surface area contributed by atoms with E-state index in [1.165, 1.54) is 10.8 Å². The Morgan fingerprint density at radius 1 is 1.38 bits per heavy atom. The minimum atomic E-state index is -0.602. The summed E-state index contributed by atoms with van der Waals surface area (Å²) in [4.78, 5) is 39.6. The average Bonchev–Trinajstić information content (AvgIpc) is 2.63. The summed E-state index contributed by atoms with van der Waals surface area (Å²) in [6.45, 7) is 2.60. The quantitative estimate of drug-likeness (QED) is 0.588. The van der Waals surface area contributed by atoms with E-state index in [0.29, 0.717) is 37.9 Å². The average molecular weight is 367 g/mol. The molecule has 1 aliphatic carbocycles. The summed E-state index contributed by atoms with van der Waals surface area (Å²) in [7, 11) is 0. The van der Waals surface area contributed by atoms with E-state index in [4.69, 9.17) is 9.84 Å². The maximum absolute atomic E-state index is 12.5. The Kier molecular flexibility index (Phi) is 5.31. The van der Waals surface area contributed by atoms with Crippen molar-refractivity contribution in [1.29, 1.82) is 0 Å². The zero-order valence-corrected chi connectivity index (χ0v) is 14.8. The molecule has 0 bridgehead atoms. The highest BCUT2D eigenvalue weighted by atomic mass is 16.5. The topological polar surface area (TPSA) is 125 Å². The molecule has 2 aliphatic rings. The number of piperidine rings is 1. The summed E-state index contributed by atoms with van der Waals surface area (Å²) >= 11 is 0. The lowest BCUT2D eigenvalue weighted by atomic mass is 9.58. The highest BCUT2D eigenvalue weighted by molar-refractivity contribution is 5.76. The standard InChI is InChI=1S/C17H25N3O6/c1-11-9-20(16(25)18-15(11)24)10-14(23)19-4-2-17(3-5-19)12(22)8-13(17)26-7-6-21/h9,12-13,21-22H,2-8,10H2,1H3,(H,18,24,25)/t12-,13+/m1/s1. The first-order valence-corrected chi connectivity index (χ1v) is 8.86. The van der Waals surface area contributed by atoms with Crippen molar-refractivity contribution >= 4 is 5.91 Å². The van der Waals surface area contributed by atoms with Gasteiger partial charge in [0.05, 0.1) is 25.4 Å². The predicted octanol–water partition coefficient (Wildman–Crippen LogP) is -1.40. The minimum absolute atomic E-state index is 0.0549. The Morgan fingerprint density at radius 2 is 2.08 bits per heavy atom. The second kappa shape index (κ2) is 7.34. The number of aliphatic hydroxyl groups is 2. The van der Waals surface area contributed by atoms with Crippen LogP contribution in [0.4, 0.5) is 0 Å². The van der Waals surface area contributed by atoms with Gasteiger partial charge in [0.2, 0.25) is 5.91 Å². The van der Waals surface area contributed by atoms with Gasteiger partial charge in [-0.2, -0.15) is 0 Å². The fourth-order valence-electron chi connectivity index (χ4n) is 3.96. The summed E-state index contributed by atoms with van der Waals surface area (Å²) in [5.74, 6) is -0.199. The molecule has 9 heteroatoms. The number of carbonyl (C=O) groups excluding carboxylic acids is 1. The molecule has 2 heterocycles. The molecule has 1 amide bonds. The molecule has 2 fully saturated rings. The third kappa shape index (κ3) is 3.34. The molecule has 1 aliphatic heterocycles. The van der Waals surface area contributed by atoms with Crippen molar-refractivity contribution in [2.24, 2.45) is 5.41 Å². The van der Waals surface area contributed by atoms with Gasteiger partial charge in [-0.15, -0.1) is 0 Å². The van der Waals surface area contributed by atoms with E-state index in [0.717, 1.165) is 0 Å². The predicted molar refractivity (Wildman–Crippen MR) is 91.8 cm³/mol. The van der Waals surface area contributed by atoms with E-state index in [2.05, 4.69) is 4.98 Å². The highest BCUT2D eigenvalue weighted by Gasteiger charge is 2.56. The summed E-state index contributed by atoms with van der Waals surface area (Å²) in [6, 6.07) is 0. The van der Waals surface area contributed by atoms with Gasteiger partial charge in [0, 0.05) is 36.7 Å². The number of nitrogens with zero attached hydrogens (tertiary/aromatic N) is 2. The molecule has 1 saturated carbocycles. The summed E-state index contributed by atoms with van der Waals surface area (Å²) in [5.41, 5.74) is -1.03. The molecular formula is C17H25N3O6. The Balaban J connectivity index is 1.61. The number of nitrogens with one attached hydrogen (secondary N) is 1. The van der Waals surface area contributed by atoms with Gasteiger partial charge >= 0.3 is 5.69 Å². The van der Waals surface area contributed by atoms with Crippen LogP contribution in [0.25, 0.3) is 0 Å². The van der Waals surface area contributed by atoms with E-state index >= 15 is 0 Å². The normalized spacial score (nSPS) is 24.5. The lowest BCUT2D eigenvalue weighted by Gasteiger charge is -2.56. The summed E-state index contributed by atoms with van der Waals surface area (Å²) in [6.07, 6.45) is 2.64. The van der Waals surface area contributed by atoms with Gasteiger partial charge in [-0.3, -0.25) is 19.1 Å². The van der Waals surface area contributed by atoms with Crippen molar-refractivity contribution in [2.75, 3.05) is 26.3 Å². The van der Waals surface area contributed by atoms with Crippen molar-refractivity contribution in [3.05, 3.63) is 32.6 Å². The van der Waals surface area contributed by atoms with Crippen LogP contribution in [0.5, 0.6) is 0 Å². The molecule has 1 saturated heterocycles. The Bertz CT molecular complexity index is 777. The van der Waals surface area contributed by atoms with Gasteiger partial charge in [-0.05, 0) is 19.8 Å². The molecule has 2 atom stereocenters. The first kappa shape index (κ1) is 18.8. The smallest absolute Gasteiger partial charge is 0.328 e. The Morgan fingerprint density at radius 3 is 2.69 bits per heavy atom. The fourth-order valence-corrected chi connectivity index (χ4v) is 3.96. The highest BCUT2D eigenvalue weighted by Crippen LogP contribution is 2.50. The molecule has 144 valence electrons. The molecule has 1 aromatic rings. The number of hydrogen-bond acceptors (Lipinski definition) is 6. The van der Waals surface area contributed by atoms with Gasteiger partial charge in [0.15, 0.2) is 0 Å². The summed E-state index contributed by atoms with van der Waals surface area (Å²) < 4.78 is 6.83. The monoisotopic (exact) mass is 367 g/mol. The third-order valence-corrected chi connectivity index (χ3v) is 5.69. The Hall–Kier alpha value is -1.97. The van der Waals surface area contributed by atoms with Crippen molar-refractivity contribution in [2.45, 2.75) is 44.9 Å². The van der Waals surface area contributed by atoms with Crippen LogP contribution >= 0.6 is 0 Å². The van der Waals surface area contributed by atoms with Gasteiger partial charge in [0.25, 0.3) is 5.56 Å². The number of carbonyl (C=O) groups is 1. The van der Waals surface area contributed by atoms with Crippen LogP contribution in [-0.2, 0) is 16.1 Å². The number of ether oxygens (including phenoxy) is 1. The number of aromatic nitrogens is 2. The van der Waals surface area contributed by atoms with E-state index < -0.39 is 17.4 Å². The minimum Gasteiger partial charge on any atom is -0.394 e. The van der Waals surface area contributed by atoms with Crippen LogP contribution in [0.15, 0.2) is 15.8 Å². The van der Waals surface area contributed by atoms with E-state index in [-0.39, 0.29) is 37.2 Å². The van der Waals surface area contributed by atoms with Crippen LogP contribution in [-0.4, -0.2) is 69.1 Å². The molecule has 9 nitrogen and oxygen atoms in total. The van der Waals surface area contributed by atoms with Gasteiger partial charge in [-0.1, -0.05) is 0 Å². The molecule has 0 unspecified atom stereocenters. The maximum atomic E-state index is 12.5. The first-order valence-electron chi connectivity index (χ1n) is 8.86. The zero-order chi connectivity index (χ0) is 18.9. The molecule has 3 N–H and O–H groups in total. The number of aromatic amines is 1. The molecular weight excluding hydrogens is 342 g/mol. The third-order valence-electron chi connectivity index (χ3n) is 5.69. The lowest BCUT2D eigenvalue weighted by molar-refractivity contribution is -0.213. The van der Waals surface area contributed by atoms with Crippen molar-refractivity contribution in [1.82, 2.24) is 14.5 Å². The van der Waals surface area contributed by atoms with Crippen LogP contribution in [0.1, 0.15) is 24.8 Å². The number of aliphatic hydroxyl groups excluding tert-OH is 2. The molecule has 26 heavy (non-hydrogen) atoms. The van der Waals surface area contributed by atoms with E-state index in [9.17, 15) is 19.5 Å². The van der Waals surface area contributed by atoms with Crippen LogP contribution < -0.4 is 11.2 Å². The first-order chi connectivity index (χ1) is 12.4. The van der Waals surface area contributed by atoms with Crippen molar-refractivity contribution in [3.8, 4) is 0 Å². The van der Waals surface area contributed by atoms with Crippen molar-refractivity contribution in [3.63, 3.8) is 0 Å². The second-order valence-electron chi connectivity index (χ2n) is 7.15. The maximum Gasteiger partial charge on any atom is 0.328 e. The number of likely N-dealkylation sites (tertiary alicyclic amines) is 1. The van der Waals surface area contributed by atoms with Gasteiger partial charge < -0.3 is 19.8 Å². The SMILES string of the molecule is Cc1cn(CC(=O)N2CCC3(CC2)[C@H](O)C[C@@H]3OCCO)c(=O)[nH]c1=O. The number of amides is 1. The number of aryl methyl sites for hydroxylation is 1. The number of H-pyrrole nitrogens is 1. The van der Waals surface area contributed by atoms with Gasteiger partial charge in [0.1, 0.15) is 6.54 Å². The second-order valence-corrected chi connectivity index (χ2v) is 7.15. The fraction of sp³-hybridized carbons (Fsp3) is 0.706. The van der Waals surface area contributed by atoms with Crippen LogP contribution in [0, 0.1) is 12.3 Å². The van der Waals surface area contributed by atoms with Crippen LogP contribution in [0.2, 0.25) is 0 Å². The van der Waals surface area contributed by atoms with E-state index in [1.54, 1.807) is 11.8 Å². The number of hydrogen-bond donors (Lipinski definition) is 3. The largest absolute Gasteiger partial charge is 0.394 e. The molecule has 0 radical (unpaired) electrons. The molecule has 0 aromatic carbocycles. The zero-order valence-electron chi connectivity index (χ0n) is 14.8. The lowest BCUT2D eigenvalue weighted by Crippen LogP contribution is -2.63. The number of rotatable bonds is 5. The molecule has 1 spiro atoms. The van der Waals surface area contributed by atoms with Gasteiger partial charge in [-0.25, -0.2) is 4.79 Å². The summed E-state index contributed by atoms with van der Waals surface area (Å²) in [5, 5.41) is 19.1. The van der Waals surface area contributed by atoms with Crippen LogP contribution in [0.3, 0.4) is 0 Å². The Labute approximate surface area is 150 Å². The molecule has 3 rings (SSSR count). The van der Waals surface area contributed by atoms with Crippen molar-refractivity contribution < 1.29 is 19.7 Å². The van der Waals surface area contributed by atoms with E-state index in [1.807, 2.05) is 0 Å².